The highest BCUT2D eigenvalue weighted by molar-refractivity contribution is 7.89. The Morgan fingerprint density at radius 3 is 2.04 bits per heavy atom. The molecule has 150 valence electrons. The predicted molar refractivity (Wildman–Crippen MR) is 110 cm³/mol. The fourth-order valence-electron chi connectivity index (χ4n) is 6.72. The molecular formula is C23H35NO2S. The Morgan fingerprint density at radius 2 is 1.56 bits per heavy atom. The van der Waals surface area contributed by atoms with Gasteiger partial charge in [0, 0.05) is 6.04 Å². The van der Waals surface area contributed by atoms with Crippen LogP contribution in [0.1, 0.15) is 77.2 Å². The first-order valence-corrected chi connectivity index (χ1v) is 12.5. The number of unbranched alkanes of at least 4 members (excludes halogenated alkanes) is 1. The van der Waals surface area contributed by atoms with E-state index in [1.807, 2.05) is 12.1 Å². The van der Waals surface area contributed by atoms with Gasteiger partial charge in [0.2, 0.25) is 10.0 Å². The second kappa shape index (κ2) is 7.51. The lowest BCUT2D eigenvalue weighted by molar-refractivity contribution is -0.0704. The molecule has 1 aromatic rings. The third-order valence-electron chi connectivity index (χ3n) is 7.58. The largest absolute Gasteiger partial charge is 0.240 e. The lowest BCUT2D eigenvalue weighted by Gasteiger charge is -2.59. The Labute approximate surface area is 165 Å². The second-order valence-corrected chi connectivity index (χ2v) is 11.3. The molecule has 1 atom stereocenters. The topological polar surface area (TPSA) is 46.2 Å². The monoisotopic (exact) mass is 389 g/mol. The van der Waals surface area contributed by atoms with E-state index in [1.165, 1.54) is 44.1 Å². The van der Waals surface area contributed by atoms with E-state index in [-0.39, 0.29) is 11.5 Å². The maximum Gasteiger partial charge on any atom is 0.240 e. The summed E-state index contributed by atoms with van der Waals surface area (Å²) in [6.45, 7) is 4.33. The van der Waals surface area contributed by atoms with Gasteiger partial charge in [0.05, 0.1) is 4.90 Å². The minimum Gasteiger partial charge on any atom is -0.208 e. The van der Waals surface area contributed by atoms with Crippen LogP contribution in [0, 0.1) is 23.2 Å². The maximum absolute atomic E-state index is 13.1. The average molecular weight is 390 g/mol. The highest BCUT2D eigenvalue weighted by Gasteiger charge is 2.54. The Balaban J connectivity index is 1.51. The van der Waals surface area contributed by atoms with Gasteiger partial charge >= 0.3 is 0 Å². The number of sulfonamides is 1. The van der Waals surface area contributed by atoms with Crippen LogP contribution in [0.15, 0.2) is 29.2 Å². The molecule has 4 aliphatic carbocycles. The van der Waals surface area contributed by atoms with Gasteiger partial charge in [-0.1, -0.05) is 32.4 Å². The van der Waals surface area contributed by atoms with Gasteiger partial charge in [-0.3, -0.25) is 0 Å². The molecule has 1 N–H and O–H groups in total. The third-order valence-corrected chi connectivity index (χ3v) is 9.07. The van der Waals surface area contributed by atoms with Crippen LogP contribution in [0.5, 0.6) is 0 Å². The van der Waals surface area contributed by atoms with Crippen LogP contribution < -0.4 is 4.72 Å². The molecule has 4 fully saturated rings. The molecule has 0 heterocycles. The van der Waals surface area contributed by atoms with Gasteiger partial charge in [0.25, 0.3) is 0 Å². The van der Waals surface area contributed by atoms with E-state index in [9.17, 15) is 8.42 Å². The van der Waals surface area contributed by atoms with Crippen molar-refractivity contribution in [3.05, 3.63) is 29.8 Å². The van der Waals surface area contributed by atoms with Crippen molar-refractivity contribution in [2.75, 3.05) is 0 Å². The van der Waals surface area contributed by atoms with Crippen LogP contribution in [0.4, 0.5) is 0 Å². The molecule has 1 aromatic carbocycles. The van der Waals surface area contributed by atoms with E-state index in [0.29, 0.717) is 4.90 Å². The zero-order valence-corrected chi connectivity index (χ0v) is 17.7. The molecule has 0 aliphatic heterocycles. The lowest BCUT2D eigenvalue weighted by atomic mass is 9.47. The Bertz CT molecular complexity index is 718. The van der Waals surface area contributed by atoms with Crippen molar-refractivity contribution in [2.24, 2.45) is 23.2 Å². The third kappa shape index (κ3) is 3.85. The summed E-state index contributed by atoms with van der Waals surface area (Å²) in [6.07, 6.45) is 12.1. The standard InChI is InChI=1S/C23H35NO2S/c1-3-5-6-17-7-9-21(10-8-17)27(25,26)24-22(4-2)23-14-18-11-19(15-23)13-20(12-18)16-23/h7-10,18-20,22,24H,3-6,11-16H2,1-2H3. The Kier molecular flexibility index (Phi) is 5.41. The molecule has 1 unspecified atom stereocenters. The minimum atomic E-state index is -3.45. The average Bonchev–Trinajstić information content (AvgIpc) is 2.63. The number of hydrogen-bond acceptors (Lipinski definition) is 2. The van der Waals surface area contributed by atoms with Crippen LogP contribution in [0.25, 0.3) is 0 Å². The van der Waals surface area contributed by atoms with Gasteiger partial charge in [-0.05, 0) is 98.7 Å². The molecule has 0 aromatic heterocycles. The molecule has 3 nitrogen and oxygen atoms in total. The summed E-state index contributed by atoms with van der Waals surface area (Å²) in [5, 5.41) is 0. The summed E-state index contributed by atoms with van der Waals surface area (Å²) >= 11 is 0. The summed E-state index contributed by atoms with van der Waals surface area (Å²) in [6, 6.07) is 7.63. The van der Waals surface area contributed by atoms with Crippen LogP contribution in [-0.4, -0.2) is 14.5 Å². The van der Waals surface area contributed by atoms with E-state index in [4.69, 9.17) is 0 Å². The number of aryl methyl sites for hydroxylation is 1. The number of hydrogen-bond donors (Lipinski definition) is 1. The zero-order chi connectivity index (χ0) is 19.1. The number of rotatable bonds is 8. The van der Waals surface area contributed by atoms with Crippen molar-refractivity contribution < 1.29 is 8.42 Å². The molecule has 27 heavy (non-hydrogen) atoms. The molecule has 4 bridgehead atoms. The quantitative estimate of drug-likeness (QED) is 0.655. The molecule has 4 saturated carbocycles. The van der Waals surface area contributed by atoms with Crippen molar-refractivity contribution >= 4 is 10.0 Å². The molecule has 0 saturated heterocycles. The molecule has 4 heteroatoms. The summed E-state index contributed by atoms with van der Waals surface area (Å²) < 4.78 is 29.4. The lowest BCUT2D eigenvalue weighted by Crippen LogP contribution is -2.56. The van der Waals surface area contributed by atoms with E-state index >= 15 is 0 Å². The van der Waals surface area contributed by atoms with Gasteiger partial charge in [-0.15, -0.1) is 0 Å². The molecule has 0 amide bonds. The summed E-state index contributed by atoms with van der Waals surface area (Å²) in [5.41, 5.74) is 1.43. The van der Waals surface area contributed by atoms with Gasteiger partial charge in [-0.25, -0.2) is 13.1 Å². The van der Waals surface area contributed by atoms with Crippen molar-refractivity contribution in [1.82, 2.24) is 4.72 Å². The van der Waals surface area contributed by atoms with Crippen molar-refractivity contribution in [3.8, 4) is 0 Å². The van der Waals surface area contributed by atoms with Crippen molar-refractivity contribution in [2.45, 2.75) is 89.0 Å². The Morgan fingerprint density at radius 1 is 1.00 bits per heavy atom. The van der Waals surface area contributed by atoms with E-state index in [2.05, 4.69) is 18.6 Å². The van der Waals surface area contributed by atoms with Crippen LogP contribution in [0.3, 0.4) is 0 Å². The molecule has 0 radical (unpaired) electrons. The fraction of sp³-hybridized carbons (Fsp3) is 0.739. The van der Waals surface area contributed by atoms with Gasteiger partial charge < -0.3 is 0 Å². The summed E-state index contributed by atoms with van der Waals surface area (Å²) in [5.74, 6) is 2.52. The molecule has 0 spiro atoms. The maximum atomic E-state index is 13.1. The number of benzene rings is 1. The van der Waals surface area contributed by atoms with Crippen molar-refractivity contribution in [1.29, 1.82) is 0 Å². The van der Waals surface area contributed by atoms with Crippen LogP contribution in [0.2, 0.25) is 0 Å². The van der Waals surface area contributed by atoms with E-state index in [1.54, 1.807) is 12.1 Å². The first-order chi connectivity index (χ1) is 12.9. The zero-order valence-electron chi connectivity index (χ0n) is 16.9. The highest BCUT2D eigenvalue weighted by atomic mass is 32.2. The van der Waals surface area contributed by atoms with Gasteiger partial charge in [-0.2, -0.15) is 0 Å². The Hall–Kier alpha value is -0.870. The fourth-order valence-corrected chi connectivity index (χ4v) is 8.14. The summed E-state index contributed by atoms with van der Waals surface area (Å²) in [7, 11) is -3.45. The minimum absolute atomic E-state index is 0.0793. The molecule has 4 aliphatic rings. The molecule has 5 rings (SSSR count). The van der Waals surface area contributed by atoms with Gasteiger partial charge in [0.1, 0.15) is 0 Å². The van der Waals surface area contributed by atoms with Crippen LogP contribution in [-0.2, 0) is 16.4 Å². The molecular weight excluding hydrogens is 354 g/mol. The van der Waals surface area contributed by atoms with Gasteiger partial charge in [0.15, 0.2) is 0 Å². The first-order valence-electron chi connectivity index (χ1n) is 11.1. The first kappa shape index (κ1) is 19.4. The normalized spacial score (nSPS) is 33.3. The second-order valence-electron chi connectivity index (χ2n) is 9.61. The predicted octanol–water partition coefficient (Wildman–Crippen LogP) is 5.30. The summed E-state index contributed by atoms with van der Waals surface area (Å²) in [4.78, 5) is 0.422. The number of nitrogens with one attached hydrogen (secondary N) is 1. The smallest absolute Gasteiger partial charge is 0.208 e. The van der Waals surface area contributed by atoms with Crippen molar-refractivity contribution in [3.63, 3.8) is 0 Å². The van der Waals surface area contributed by atoms with Crippen LogP contribution >= 0.6 is 0 Å². The van der Waals surface area contributed by atoms with E-state index in [0.717, 1.165) is 43.4 Å². The highest BCUT2D eigenvalue weighted by Crippen LogP contribution is 2.61. The SMILES string of the molecule is CCCCc1ccc(S(=O)(=O)NC(CC)C23CC4CC(CC(C4)C2)C3)cc1. The van der Waals surface area contributed by atoms with E-state index < -0.39 is 10.0 Å².